The summed E-state index contributed by atoms with van der Waals surface area (Å²) in [7, 11) is 0. The number of carbonyl (C=O) groups is 2. The normalized spacial score (nSPS) is 14.6. The van der Waals surface area contributed by atoms with Gasteiger partial charge in [0, 0.05) is 35.4 Å². The molecule has 1 atom stereocenters. The van der Waals surface area contributed by atoms with Crippen molar-refractivity contribution in [2.24, 2.45) is 0 Å². The Labute approximate surface area is 180 Å². The van der Waals surface area contributed by atoms with Crippen molar-refractivity contribution >= 4 is 34.1 Å². The molecule has 2 aromatic carbocycles. The van der Waals surface area contributed by atoms with Gasteiger partial charge < -0.3 is 20.5 Å². The summed E-state index contributed by atoms with van der Waals surface area (Å²) in [5.41, 5.74) is 2.56. The molecule has 0 bridgehead atoms. The molecule has 0 radical (unpaired) electrons. The second-order valence-electron chi connectivity index (χ2n) is 7.93. The summed E-state index contributed by atoms with van der Waals surface area (Å²) in [5.74, 6) is -1.10. The molecule has 2 heterocycles. The monoisotopic (exact) mass is 422 g/mol. The molecule has 4 rings (SSSR count). The molecule has 7 heteroatoms. The van der Waals surface area contributed by atoms with Crippen LogP contribution >= 0.6 is 0 Å². The second-order valence-corrected chi connectivity index (χ2v) is 7.93. The Balaban J connectivity index is 1.46. The molecular weight excluding hydrogens is 395 g/mol. The maximum Gasteiger partial charge on any atom is 0.268 e. The summed E-state index contributed by atoms with van der Waals surface area (Å²) in [6.07, 6.45) is 3.59. The lowest BCUT2D eigenvalue weighted by atomic mass is 10.1. The fourth-order valence-electron chi connectivity index (χ4n) is 4.02. The molecule has 162 valence electrons. The van der Waals surface area contributed by atoms with Gasteiger partial charge in [0.15, 0.2) is 0 Å². The predicted octanol–water partition coefficient (Wildman–Crippen LogP) is 4.44. The summed E-state index contributed by atoms with van der Waals surface area (Å²) in [5, 5.41) is 6.07. The van der Waals surface area contributed by atoms with E-state index in [1.807, 2.05) is 31.2 Å². The maximum atomic E-state index is 13.9. The molecule has 6 nitrogen and oxygen atoms in total. The molecule has 3 aromatic rings. The summed E-state index contributed by atoms with van der Waals surface area (Å²) < 4.78 is 13.9. The molecule has 0 spiro atoms. The predicted molar refractivity (Wildman–Crippen MR) is 121 cm³/mol. The Morgan fingerprint density at radius 1 is 1.13 bits per heavy atom. The maximum absolute atomic E-state index is 13.9. The van der Waals surface area contributed by atoms with E-state index in [4.69, 9.17) is 0 Å². The molecule has 1 aromatic heterocycles. The molecule has 2 amide bonds. The zero-order valence-corrected chi connectivity index (χ0v) is 17.6. The third-order valence-corrected chi connectivity index (χ3v) is 5.64. The van der Waals surface area contributed by atoms with E-state index in [0.717, 1.165) is 25.2 Å². The van der Waals surface area contributed by atoms with Gasteiger partial charge in [0.1, 0.15) is 17.6 Å². The highest BCUT2D eigenvalue weighted by Gasteiger charge is 2.22. The summed E-state index contributed by atoms with van der Waals surface area (Å²) in [4.78, 5) is 30.9. The summed E-state index contributed by atoms with van der Waals surface area (Å²) in [6, 6.07) is 13.2. The smallest absolute Gasteiger partial charge is 0.268 e. The second kappa shape index (κ2) is 9.20. The molecular formula is C24H27FN4O2. The first kappa shape index (κ1) is 20.9. The lowest BCUT2D eigenvalue weighted by molar-refractivity contribution is -0.118. The minimum Gasteiger partial charge on any atom is -0.371 e. The van der Waals surface area contributed by atoms with E-state index < -0.39 is 17.8 Å². The number of nitrogens with zero attached hydrogens (tertiary/aromatic N) is 1. The fourth-order valence-corrected chi connectivity index (χ4v) is 4.02. The molecule has 31 heavy (non-hydrogen) atoms. The van der Waals surface area contributed by atoms with Crippen molar-refractivity contribution in [3.05, 3.63) is 60.0 Å². The van der Waals surface area contributed by atoms with Crippen LogP contribution in [0.15, 0.2) is 48.5 Å². The third-order valence-electron chi connectivity index (χ3n) is 5.64. The van der Waals surface area contributed by atoms with Crippen LogP contribution in [0.25, 0.3) is 10.9 Å². The van der Waals surface area contributed by atoms with Crippen LogP contribution in [0.3, 0.4) is 0 Å². The Kier molecular flexibility index (Phi) is 6.21. The van der Waals surface area contributed by atoms with Gasteiger partial charge in [0.25, 0.3) is 5.91 Å². The van der Waals surface area contributed by atoms with Gasteiger partial charge in [-0.1, -0.05) is 25.5 Å². The number of H-pyrrole nitrogens is 1. The number of rotatable bonds is 7. The highest BCUT2D eigenvalue weighted by Crippen LogP contribution is 2.24. The Hall–Kier alpha value is -3.35. The Morgan fingerprint density at radius 3 is 2.65 bits per heavy atom. The van der Waals surface area contributed by atoms with Gasteiger partial charge in [0.05, 0.1) is 0 Å². The molecule has 0 aliphatic carbocycles. The van der Waals surface area contributed by atoms with Gasteiger partial charge in [-0.3, -0.25) is 9.59 Å². The molecule has 1 aliphatic rings. The number of hydrogen-bond acceptors (Lipinski definition) is 3. The van der Waals surface area contributed by atoms with Crippen molar-refractivity contribution in [1.82, 2.24) is 10.3 Å². The van der Waals surface area contributed by atoms with Gasteiger partial charge in [-0.25, -0.2) is 4.39 Å². The number of anilines is 2. The van der Waals surface area contributed by atoms with Gasteiger partial charge in [-0.2, -0.15) is 0 Å². The van der Waals surface area contributed by atoms with Crippen molar-refractivity contribution in [3.63, 3.8) is 0 Å². The molecule has 1 aliphatic heterocycles. The molecule has 3 N–H and O–H groups in total. The lowest BCUT2D eigenvalue weighted by Crippen LogP contribution is -2.43. The number of carbonyl (C=O) groups excluding carboxylic acids is 2. The van der Waals surface area contributed by atoms with Crippen LogP contribution < -0.4 is 15.5 Å². The van der Waals surface area contributed by atoms with E-state index in [0.29, 0.717) is 23.0 Å². The van der Waals surface area contributed by atoms with Crippen LogP contribution in [0, 0.1) is 5.82 Å². The SMILES string of the molecule is CCCC(NC(=O)c1cc2c(F)cccc2[nH]1)C(=O)Nc1cccc(N2CCCC2)c1. The van der Waals surface area contributed by atoms with E-state index in [2.05, 4.69) is 20.5 Å². The fraction of sp³-hybridized carbons (Fsp3) is 0.333. The zero-order chi connectivity index (χ0) is 21.8. The number of halogens is 1. The number of aromatic nitrogens is 1. The molecule has 1 fully saturated rings. The Bertz CT molecular complexity index is 1090. The van der Waals surface area contributed by atoms with Crippen molar-refractivity contribution < 1.29 is 14.0 Å². The highest BCUT2D eigenvalue weighted by atomic mass is 19.1. The van der Waals surface area contributed by atoms with Crippen LogP contribution in [-0.2, 0) is 4.79 Å². The Morgan fingerprint density at radius 2 is 1.90 bits per heavy atom. The largest absolute Gasteiger partial charge is 0.371 e. The number of fused-ring (bicyclic) bond motifs is 1. The van der Waals surface area contributed by atoms with Crippen molar-refractivity contribution in [2.75, 3.05) is 23.3 Å². The van der Waals surface area contributed by atoms with Crippen molar-refractivity contribution in [3.8, 4) is 0 Å². The minimum absolute atomic E-state index is 0.227. The number of hydrogen-bond donors (Lipinski definition) is 3. The van der Waals surface area contributed by atoms with E-state index in [9.17, 15) is 14.0 Å². The third kappa shape index (κ3) is 4.71. The quantitative estimate of drug-likeness (QED) is 0.527. The first-order valence-electron chi connectivity index (χ1n) is 10.8. The van der Waals surface area contributed by atoms with E-state index in [-0.39, 0.29) is 11.6 Å². The van der Waals surface area contributed by atoms with E-state index in [1.54, 1.807) is 12.1 Å². The zero-order valence-electron chi connectivity index (χ0n) is 17.6. The van der Waals surface area contributed by atoms with Gasteiger partial charge in [-0.05, 0) is 55.7 Å². The topological polar surface area (TPSA) is 77.2 Å². The van der Waals surface area contributed by atoms with Crippen LogP contribution in [-0.4, -0.2) is 35.9 Å². The summed E-state index contributed by atoms with van der Waals surface area (Å²) >= 11 is 0. The molecule has 1 saturated heterocycles. The molecule has 1 unspecified atom stereocenters. The first-order chi connectivity index (χ1) is 15.0. The van der Waals surface area contributed by atoms with Crippen LogP contribution in [0.5, 0.6) is 0 Å². The van der Waals surface area contributed by atoms with Crippen molar-refractivity contribution in [2.45, 2.75) is 38.6 Å². The lowest BCUT2D eigenvalue weighted by Gasteiger charge is -2.20. The van der Waals surface area contributed by atoms with Gasteiger partial charge >= 0.3 is 0 Å². The highest BCUT2D eigenvalue weighted by molar-refractivity contribution is 6.02. The number of benzene rings is 2. The van der Waals surface area contributed by atoms with E-state index >= 15 is 0 Å². The average molecular weight is 423 g/mol. The number of amides is 2. The molecule has 0 saturated carbocycles. The van der Waals surface area contributed by atoms with E-state index in [1.165, 1.54) is 25.0 Å². The van der Waals surface area contributed by atoms with Crippen molar-refractivity contribution in [1.29, 1.82) is 0 Å². The number of nitrogens with one attached hydrogen (secondary N) is 3. The van der Waals surface area contributed by atoms with Gasteiger partial charge in [0.2, 0.25) is 5.91 Å². The van der Waals surface area contributed by atoms with Crippen LogP contribution in [0.1, 0.15) is 43.1 Å². The number of aromatic amines is 1. The minimum atomic E-state index is -0.691. The summed E-state index contributed by atoms with van der Waals surface area (Å²) in [6.45, 7) is 4.01. The van der Waals surface area contributed by atoms with Crippen LogP contribution in [0.2, 0.25) is 0 Å². The first-order valence-corrected chi connectivity index (χ1v) is 10.8. The standard InChI is InChI=1S/C24H27FN4O2/c1-2-7-21(28-24(31)22-15-18-19(25)10-6-11-20(18)27-22)23(30)26-16-8-5-9-17(14-16)29-12-3-4-13-29/h5-6,8-11,14-15,21,27H,2-4,7,12-13H2,1H3,(H,26,30)(H,28,31). The van der Waals surface area contributed by atoms with Crippen LogP contribution in [0.4, 0.5) is 15.8 Å². The average Bonchev–Trinajstić information content (AvgIpc) is 3.44. The van der Waals surface area contributed by atoms with Gasteiger partial charge in [-0.15, -0.1) is 0 Å².